The molecule has 0 fully saturated rings. The first-order valence-electron chi connectivity index (χ1n) is 9.34. The number of carbonyl (C=O) groups excluding carboxylic acids is 2. The largest absolute Gasteiger partial charge is 0.466 e. The van der Waals surface area contributed by atoms with Crippen molar-refractivity contribution in [1.29, 1.82) is 0 Å². The molecule has 146 valence electrons. The van der Waals surface area contributed by atoms with E-state index in [2.05, 4.69) is 22.9 Å². The summed E-state index contributed by atoms with van der Waals surface area (Å²) in [4.78, 5) is 23.4. The van der Waals surface area contributed by atoms with Crippen molar-refractivity contribution in [3.05, 3.63) is 28.5 Å². The molecule has 4 nitrogen and oxygen atoms in total. The number of esters is 2. The van der Waals surface area contributed by atoms with E-state index in [1.807, 2.05) is 0 Å². The fraction of sp³-hybridized carbons (Fsp3) is 0.600. The standard InChI is InChI=1S/C20H28BrFO4/c1-2-3-4-5-6-9-14-25-19(23)10-7-8-11-20(24)26-18-13-12-16(22)15-17(18)21/h12-13,15H,2-11,14H2,1H3. The zero-order chi connectivity index (χ0) is 19.2. The van der Waals surface area contributed by atoms with Crippen LogP contribution in [0.2, 0.25) is 0 Å². The summed E-state index contributed by atoms with van der Waals surface area (Å²) in [7, 11) is 0. The Bertz CT molecular complexity index is 563. The van der Waals surface area contributed by atoms with E-state index < -0.39 is 11.8 Å². The average molecular weight is 431 g/mol. The molecule has 0 N–H and O–H groups in total. The molecule has 0 heterocycles. The quantitative estimate of drug-likeness (QED) is 0.220. The van der Waals surface area contributed by atoms with Gasteiger partial charge in [-0.3, -0.25) is 9.59 Å². The van der Waals surface area contributed by atoms with Crippen LogP contribution < -0.4 is 4.74 Å². The van der Waals surface area contributed by atoms with Gasteiger partial charge in [-0.25, -0.2) is 4.39 Å². The van der Waals surface area contributed by atoms with E-state index in [-0.39, 0.29) is 18.1 Å². The van der Waals surface area contributed by atoms with E-state index in [1.54, 1.807) is 0 Å². The summed E-state index contributed by atoms with van der Waals surface area (Å²) >= 11 is 3.15. The number of ether oxygens (including phenoxy) is 2. The molecular formula is C20H28BrFO4. The minimum absolute atomic E-state index is 0.203. The molecule has 0 bridgehead atoms. The Kier molecular flexibility index (Phi) is 11.9. The second-order valence-electron chi connectivity index (χ2n) is 6.24. The Hall–Kier alpha value is -1.43. The maximum Gasteiger partial charge on any atom is 0.311 e. The lowest BCUT2D eigenvalue weighted by Gasteiger charge is -2.07. The second kappa shape index (κ2) is 13.7. The molecule has 1 aromatic carbocycles. The van der Waals surface area contributed by atoms with Gasteiger partial charge < -0.3 is 9.47 Å². The van der Waals surface area contributed by atoms with Crippen LogP contribution in [0.25, 0.3) is 0 Å². The van der Waals surface area contributed by atoms with E-state index >= 15 is 0 Å². The van der Waals surface area contributed by atoms with E-state index in [1.165, 1.54) is 43.9 Å². The van der Waals surface area contributed by atoms with Crippen LogP contribution in [-0.4, -0.2) is 18.5 Å². The molecule has 0 saturated heterocycles. The van der Waals surface area contributed by atoms with Crippen LogP contribution in [0.15, 0.2) is 22.7 Å². The molecule has 0 aliphatic carbocycles. The monoisotopic (exact) mass is 430 g/mol. The van der Waals surface area contributed by atoms with Gasteiger partial charge in [0.05, 0.1) is 11.1 Å². The zero-order valence-corrected chi connectivity index (χ0v) is 17.0. The van der Waals surface area contributed by atoms with Crippen molar-refractivity contribution < 1.29 is 23.5 Å². The van der Waals surface area contributed by atoms with Crippen molar-refractivity contribution in [3.8, 4) is 5.75 Å². The molecule has 0 aliphatic heterocycles. The molecule has 0 unspecified atom stereocenters. The molecule has 0 radical (unpaired) electrons. The number of benzene rings is 1. The summed E-state index contributed by atoms with van der Waals surface area (Å²) in [6.45, 7) is 2.66. The Morgan fingerprint density at radius 2 is 1.62 bits per heavy atom. The Morgan fingerprint density at radius 3 is 2.31 bits per heavy atom. The van der Waals surface area contributed by atoms with Gasteiger partial charge in [0.2, 0.25) is 0 Å². The van der Waals surface area contributed by atoms with Gasteiger partial charge in [0.1, 0.15) is 11.6 Å². The summed E-state index contributed by atoms with van der Waals surface area (Å²) in [6.07, 6.45) is 8.57. The molecule has 0 atom stereocenters. The average Bonchev–Trinajstić information content (AvgIpc) is 2.60. The molecule has 1 rings (SSSR count). The van der Waals surface area contributed by atoms with Gasteiger partial charge in [0.15, 0.2) is 0 Å². The van der Waals surface area contributed by atoms with E-state index in [9.17, 15) is 14.0 Å². The minimum Gasteiger partial charge on any atom is -0.466 e. The molecule has 0 aromatic heterocycles. The van der Waals surface area contributed by atoms with Crippen molar-refractivity contribution >= 4 is 27.9 Å². The zero-order valence-electron chi connectivity index (χ0n) is 15.4. The highest BCUT2D eigenvalue weighted by atomic mass is 79.9. The summed E-state index contributed by atoms with van der Waals surface area (Å²) in [6, 6.07) is 3.87. The first-order valence-corrected chi connectivity index (χ1v) is 10.1. The highest BCUT2D eigenvalue weighted by Crippen LogP contribution is 2.25. The molecule has 0 amide bonds. The van der Waals surface area contributed by atoms with Crippen molar-refractivity contribution in [2.24, 2.45) is 0 Å². The third-order valence-electron chi connectivity index (χ3n) is 3.89. The summed E-state index contributed by atoms with van der Waals surface area (Å²) in [5.74, 6) is -0.739. The number of halogens is 2. The van der Waals surface area contributed by atoms with Crippen LogP contribution >= 0.6 is 15.9 Å². The van der Waals surface area contributed by atoms with E-state index in [4.69, 9.17) is 9.47 Å². The fourth-order valence-electron chi connectivity index (χ4n) is 2.41. The number of rotatable bonds is 13. The second-order valence-corrected chi connectivity index (χ2v) is 7.10. The highest BCUT2D eigenvalue weighted by Gasteiger charge is 2.10. The Balaban J connectivity index is 2.05. The summed E-state index contributed by atoms with van der Waals surface area (Å²) in [5, 5.41) is 0. The topological polar surface area (TPSA) is 52.6 Å². The van der Waals surface area contributed by atoms with Crippen LogP contribution in [0.4, 0.5) is 4.39 Å². The van der Waals surface area contributed by atoms with Gasteiger partial charge >= 0.3 is 11.9 Å². The van der Waals surface area contributed by atoms with Crippen LogP contribution in [0.3, 0.4) is 0 Å². The SMILES string of the molecule is CCCCCCCCOC(=O)CCCCC(=O)Oc1ccc(F)cc1Br. The van der Waals surface area contributed by atoms with Crippen LogP contribution in [0, 0.1) is 5.82 Å². The van der Waals surface area contributed by atoms with E-state index in [0.29, 0.717) is 30.3 Å². The summed E-state index contributed by atoms with van der Waals surface area (Å²) < 4.78 is 23.7. The number of unbranched alkanes of at least 4 members (excludes halogenated alkanes) is 6. The number of hydrogen-bond donors (Lipinski definition) is 0. The Morgan fingerprint density at radius 1 is 0.962 bits per heavy atom. The first-order chi connectivity index (χ1) is 12.5. The maximum absolute atomic E-state index is 13.0. The van der Waals surface area contributed by atoms with Crippen LogP contribution in [0.1, 0.15) is 71.1 Å². The molecule has 0 saturated carbocycles. The fourth-order valence-corrected chi connectivity index (χ4v) is 2.84. The number of carbonyl (C=O) groups is 2. The van der Waals surface area contributed by atoms with Crippen LogP contribution in [0.5, 0.6) is 5.75 Å². The lowest BCUT2D eigenvalue weighted by Crippen LogP contribution is -2.09. The predicted molar refractivity (Wildman–Crippen MR) is 103 cm³/mol. The predicted octanol–water partition coefficient (Wildman–Crippen LogP) is 5.96. The van der Waals surface area contributed by atoms with E-state index in [0.717, 1.165) is 12.8 Å². The normalized spacial score (nSPS) is 10.6. The highest BCUT2D eigenvalue weighted by molar-refractivity contribution is 9.10. The third-order valence-corrected chi connectivity index (χ3v) is 4.51. The molecule has 1 aromatic rings. The van der Waals surface area contributed by atoms with Crippen molar-refractivity contribution in [1.82, 2.24) is 0 Å². The minimum atomic E-state index is -0.406. The molecule has 0 aliphatic rings. The number of hydrogen-bond acceptors (Lipinski definition) is 4. The van der Waals surface area contributed by atoms with Gasteiger partial charge in [0, 0.05) is 12.8 Å². The Labute approximate surface area is 163 Å². The first kappa shape index (κ1) is 22.6. The summed E-state index contributed by atoms with van der Waals surface area (Å²) in [5.41, 5.74) is 0. The lowest BCUT2D eigenvalue weighted by molar-refractivity contribution is -0.144. The third kappa shape index (κ3) is 10.5. The van der Waals surface area contributed by atoms with Gasteiger partial charge in [-0.2, -0.15) is 0 Å². The molecule has 26 heavy (non-hydrogen) atoms. The van der Waals surface area contributed by atoms with Gasteiger partial charge in [-0.05, 0) is 53.4 Å². The smallest absolute Gasteiger partial charge is 0.311 e. The van der Waals surface area contributed by atoms with Gasteiger partial charge in [-0.15, -0.1) is 0 Å². The molecule has 0 spiro atoms. The molecular weight excluding hydrogens is 403 g/mol. The molecule has 6 heteroatoms. The van der Waals surface area contributed by atoms with Crippen molar-refractivity contribution in [3.63, 3.8) is 0 Å². The van der Waals surface area contributed by atoms with Gasteiger partial charge in [-0.1, -0.05) is 39.0 Å². The van der Waals surface area contributed by atoms with Crippen molar-refractivity contribution in [2.75, 3.05) is 6.61 Å². The van der Waals surface area contributed by atoms with Gasteiger partial charge in [0.25, 0.3) is 0 Å². The van der Waals surface area contributed by atoms with Crippen LogP contribution in [-0.2, 0) is 14.3 Å². The van der Waals surface area contributed by atoms with Crippen molar-refractivity contribution in [2.45, 2.75) is 71.1 Å². The lowest BCUT2D eigenvalue weighted by atomic mass is 10.1. The maximum atomic E-state index is 13.0.